The molecule has 0 unspecified atom stereocenters. The SMILES string of the molecule is NNC(=S)N[C@H]1CCS(=O)(=O)C1. The molecule has 1 atom stereocenters. The monoisotopic (exact) mass is 209 g/mol. The topological polar surface area (TPSA) is 84.2 Å². The molecule has 0 saturated carbocycles. The molecule has 5 nitrogen and oxygen atoms in total. The van der Waals surface area contributed by atoms with Gasteiger partial charge < -0.3 is 10.7 Å². The van der Waals surface area contributed by atoms with Gasteiger partial charge in [0.1, 0.15) is 0 Å². The van der Waals surface area contributed by atoms with E-state index in [2.05, 4.69) is 10.7 Å². The Bertz CT molecular complexity index is 274. The van der Waals surface area contributed by atoms with Gasteiger partial charge in [-0.05, 0) is 18.6 Å². The van der Waals surface area contributed by atoms with Gasteiger partial charge in [-0.2, -0.15) is 0 Å². The number of thiocarbonyl (C=S) groups is 1. The van der Waals surface area contributed by atoms with Crippen molar-refractivity contribution in [2.24, 2.45) is 5.84 Å². The predicted octanol–water partition coefficient (Wildman–Crippen LogP) is -1.49. The Labute approximate surface area is 76.6 Å². The quantitative estimate of drug-likeness (QED) is 0.277. The zero-order valence-corrected chi connectivity index (χ0v) is 8.04. The summed E-state index contributed by atoms with van der Waals surface area (Å²) >= 11 is 4.72. The van der Waals surface area contributed by atoms with Crippen LogP contribution in [0.15, 0.2) is 0 Å². The minimum atomic E-state index is -2.84. The number of hydrogen-bond acceptors (Lipinski definition) is 4. The number of hydrogen-bond donors (Lipinski definition) is 3. The molecule has 1 aliphatic heterocycles. The van der Waals surface area contributed by atoms with Gasteiger partial charge in [0.05, 0.1) is 11.5 Å². The van der Waals surface area contributed by atoms with E-state index >= 15 is 0 Å². The van der Waals surface area contributed by atoms with Crippen LogP contribution in [-0.2, 0) is 9.84 Å². The van der Waals surface area contributed by atoms with Crippen molar-refractivity contribution in [3.8, 4) is 0 Å². The highest BCUT2D eigenvalue weighted by atomic mass is 32.2. The molecule has 0 radical (unpaired) electrons. The molecule has 0 aromatic carbocycles. The van der Waals surface area contributed by atoms with E-state index in [-0.39, 0.29) is 22.7 Å². The Morgan fingerprint density at radius 3 is 2.67 bits per heavy atom. The highest BCUT2D eigenvalue weighted by Crippen LogP contribution is 2.10. The maximum absolute atomic E-state index is 11.0. The van der Waals surface area contributed by atoms with Gasteiger partial charge in [0, 0.05) is 6.04 Å². The molecule has 1 saturated heterocycles. The predicted molar refractivity (Wildman–Crippen MR) is 50.1 cm³/mol. The van der Waals surface area contributed by atoms with E-state index in [1.54, 1.807) is 0 Å². The number of nitrogens with two attached hydrogens (primary N) is 1. The number of sulfone groups is 1. The third-order valence-corrected chi connectivity index (χ3v) is 3.70. The Morgan fingerprint density at radius 1 is 1.58 bits per heavy atom. The fourth-order valence-electron chi connectivity index (χ4n) is 1.14. The Kier molecular flexibility index (Phi) is 2.86. The molecule has 12 heavy (non-hydrogen) atoms. The summed E-state index contributed by atoms with van der Waals surface area (Å²) < 4.78 is 22.0. The lowest BCUT2D eigenvalue weighted by Crippen LogP contribution is -2.45. The normalized spacial score (nSPS) is 26.6. The summed E-state index contributed by atoms with van der Waals surface area (Å²) in [5.74, 6) is 5.40. The van der Waals surface area contributed by atoms with Crippen LogP contribution in [0.25, 0.3) is 0 Å². The lowest BCUT2D eigenvalue weighted by Gasteiger charge is -2.11. The van der Waals surface area contributed by atoms with E-state index in [1.807, 2.05) is 0 Å². The molecule has 0 spiro atoms. The standard InChI is InChI=1S/C5H11N3O2S2/c6-8-5(11)7-4-1-2-12(9,10)3-4/h4H,1-3,6H2,(H2,7,8,11)/t4-/m0/s1. The first-order chi connectivity index (χ1) is 5.53. The van der Waals surface area contributed by atoms with E-state index in [4.69, 9.17) is 18.1 Å². The zero-order valence-electron chi connectivity index (χ0n) is 6.41. The van der Waals surface area contributed by atoms with E-state index in [0.29, 0.717) is 6.42 Å². The second-order valence-corrected chi connectivity index (χ2v) is 5.35. The second kappa shape index (κ2) is 3.55. The second-order valence-electron chi connectivity index (χ2n) is 2.72. The molecule has 1 rings (SSSR count). The Morgan fingerprint density at radius 2 is 2.25 bits per heavy atom. The van der Waals surface area contributed by atoms with Crippen LogP contribution in [0.1, 0.15) is 6.42 Å². The van der Waals surface area contributed by atoms with Gasteiger partial charge in [-0.25, -0.2) is 14.3 Å². The Hall–Kier alpha value is -0.400. The molecule has 0 aromatic heterocycles. The zero-order chi connectivity index (χ0) is 9.19. The first-order valence-electron chi connectivity index (χ1n) is 3.51. The molecular formula is C5H11N3O2S2. The van der Waals surface area contributed by atoms with Crippen molar-refractivity contribution >= 4 is 27.2 Å². The van der Waals surface area contributed by atoms with Crippen LogP contribution in [0.2, 0.25) is 0 Å². The lowest BCUT2D eigenvalue weighted by molar-refractivity contribution is 0.600. The van der Waals surface area contributed by atoms with Crippen molar-refractivity contribution in [3.63, 3.8) is 0 Å². The van der Waals surface area contributed by atoms with Gasteiger partial charge in [0.25, 0.3) is 0 Å². The molecule has 4 N–H and O–H groups in total. The summed E-state index contributed by atoms with van der Waals surface area (Å²) in [6.45, 7) is 0. The first-order valence-corrected chi connectivity index (χ1v) is 5.74. The maximum Gasteiger partial charge on any atom is 0.180 e. The number of nitrogens with one attached hydrogen (secondary N) is 2. The van der Waals surface area contributed by atoms with E-state index in [1.165, 1.54) is 0 Å². The molecule has 1 aliphatic rings. The smallest absolute Gasteiger partial charge is 0.180 e. The minimum Gasteiger partial charge on any atom is -0.358 e. The fourth-order valence-corrected chi connectivity index (χ4v) is 2.98. The van der Waals surface area contributed by atoms with Crippen molar-refractivity contribution in [3.05, 3.63) is 0 Å². The molecule has 0 bridgehead atoms. The van der Waals surface area contributed by atoms with Crippen molar-refractivity contribution in [1.29, 1.82) is 0 Å². The summed E-state index contributed by atoms with van der Waals surface area (Å²) in [7, 11) is -2.84. The largest absolute Gasteiger partial charge is 0.358 e. The van der Waals surface area contributed by atoms with Crippen LogP contribution < -0.4 is 16.6 Å². The first kappa shape index (κ1) is 9.69. The average Bonchev–Trinajstić information content (AvgIpc) is 2.30. The van der Waals surface area contributed by atoms with Crippen LogP contribution in [0.3, 0.4) is 0 Å². The van der Waals surface area contributed by atoms with Gasteiger partial charge in [0.2, 0.25) is 0 Å². The molecule has 0 amide bonds. The van der Waals surface area contributed by atoms with Crippen LogP contribution >= 0.6 is 12.2 Å². The van der Waals surface area contributed by atoms with Crippen LogP contribution in [0, 0.1) is 0 Å². The Balaban J connectivity index is 2.43. The van der Waals surface area contributed by atoms with Crippen LogP contribution in [-0.4, -0.2) is 31.1 Å². The van der Waals surface area contributed by atoms with Crippen molar-refractivity contribution in [1.82, 2.24) is 10.7 Å². The van der Waals surface area contributed by atoms with Crippen LogP contribution in [0.4, 0.5) is 0 Å². The molecule has 0 aromatic rings. The molecule has 7 heteroatoms. The summed E-state index contributed by atoms with van der Waals surface area (Å²) in [5.41, 5.74) is 2.24. The highest BCUT2D eigenvalue weighted by molar-refractivity contribution is 7.91. The van der Waals surface area contributed by atoms with Gasteiger partial charge >= 0.3 is 0 Å². The van der Waals surface area contributed by atoms with Crippen molar-refractivity contribution < 1.29 is 8.42 Å². The minimum absolute atomic E-state index is 0.0847. The van der Waals surface area contributed by atoms with E-state index < -0.39 is 9.84 Å². The van der Waals surface area contributed by atoms with Gasteiger partial charge in [-0.1, -0.05) is 0 Å². The van der Waals surface area contributed by atoms with Gasteiger partial charge in [-0.3, -0.25) is 0 Å². The van der Waals surface area contributed by atoms with Crippen molar-refractivity contribution in [2.45, 2.75) is 12.5 Å². The molecule has 1 fully saturated rings. The molecule has 0 aliphatic carbocycles. The summed E-state index contributed by atoms with van der Waals surface area (Å²) in [6, 6.07) is -0.0847. The molecule has 70 valence electrons. The summed E-state index contributed by atoms with van der Waals surface area (Å²) in [4.78, 5) is 0. The highest BCUT2D eigenvalue weighted by Gasteiger charge is 2.27. The fraction of sp³-hybridized carbons (Fsp3) is 0.800. The third-order valence-electron chi connectivity index (χ3n) is 1.70. The summed E-state index contributed by atoms with van der Waals surface area (Å²) in [6.07, 6.45) is 0.601. The maximum atomic E-state index is 11.0. The number of rotatable bonds is 1. The average molecular weight is 209 g/mol. The van der Waals surface area contributed by atoms with Gasteiger partial charge in [-0.15, -0.1) is 0 Å². The van der Waals surface area contributed by atoms with Gasteiger partial charge in [0.15, 0.2) is 14.9 Å². The van der Waals surface area contributed by atoms with Crippen molar-refractivity contribution in [2.75, 3.05) is 11.5 Å². The third kappa shape index (κ3) is 2.58. The lowest BCUT2D eigenvalue weighted by atomic mass is 10.3. The molecule has 1 heterocycles. The van der Waals surface area contributed by atoms with E-state index in [9.17, 15) is 8.42 Å². The van der Waals surface area contributed by atoms with E-state index in [0.717, 1.165) is 0 Å². The summed E-state index contributed by atoms with van der Waals surface area (Å²) in [5, 5.41) is 3.09. The molecular weight excluding hydrogens is 198 g/mol. The number of hydrazine groups is 1. The van der Waals surface area contributed by atoms with Crippen LogP contribution in [0.5, 0.6) is 0 Å².